The topological polar surface area (TPSA) is 20.7 Å². The molecule has 0 radical (unpaired) electrons. The second kappa shape index (κ2) is 3.23. The molecule has 0 aromatic carbocycles. The smallest absolute Gasteiger partial charge is 0.178 e. The Kier molecular flexibility index (Phi) is 2.51. The van der Waals surface area contributed by atoms with E-state index in [1.807, 2.05) is 6.92 Å². The van der Waals surface area contributed by atoms with E-state index in [0.29, 0.717) is 11.3 Å². The van der Waals surface area contributed by atoms with Crippen molar-refractivity contribution in [2.45, 2.75) is 13.5 Å². The summed E-state index contributed by atoms with van der Waals surface area (Å²) in [4.78, 5) is 2.58. The lowest BCUT2D eigenvalue weighted by Gasteiger charge is -2.01. The van der Waals surface area contributed by atoms with E-state index < -0.39 is 5.82 Å². The van der Waals surface area contributed by atoms with Crippen LogP contribution in [0.4, 0.5) is 4.39 Å². The maximum Gasteiger partial charge on any atom is 0.178 e. The molecule has 0 spiro atoms. The molecule has 0 bridgehead atoms. The number of aromatic amines is 1. The van der Waals surface area contributed by atoms with E-state index in [2.05, 4.69) is 17.2 Å². The third-order valence-corrected chi connectivity index (χ3v) is 1.94. The highest BCUT2D eigenvalue weighted by atomic mass is 32.1. The van der Waals surface area contributed by atoms with Crippen LogP contribution in [0.3, 0.4) is 0 Å². The number of nitrogens with zero attached hydrogens (tertiary/aromatic N) is 1. The zero-order chi connectivity index (χ0) is 8.43. The quantitative estimate of drug-likeness (QED) is 0.686. The fourth-order valence-corrected chi connectivity index (χ4v) is 1.22. The Bertz CT molecular complexity index is 366. The number of hydrogen-bond donors (Lipinski definition) is 1. The van der Waals surface area contributed by atoms with E-state index in [-0.39, 0.29) is 4.64 Å². The average Bonchev–Trinajstić information content (AvgIpc) is 1.97. The van der Waals surface area contributed by atoms with Crippen LogP contribution in [0.15, 0.2) is 6.20 Å². The predicted octanol–water partition coefficient (Wildman–Crippen LogP) is 2.43. The minimum atomic E-state index is -0.435. The van der Waals surface area contributed by atoms with Gasteiger partial charge in [-0.05, 0) is 19.1 Å². The summed E-state index contributed by atoms with van der Waals surface area (Å²) in [5.74, 6) is -0.435. The van der Waals surface area contributed by atoms with Crippen LogP contribution in [0.1, 0.15) is 6.92 Å². The van der Waals surface area contributed by atoms with E-state index in [4.69, 9.17) is 12.2 Å². The molecule has 0 aliphatic carbocycles. The van der Waals surface area contributed by atoms with E-state index in [1.165, 1.54) is 6.20 Å². The molecule has 0 unspecified atom stereocenters. The van der Waals surface area contributed by atoms with E-state index >= 15 is 0 Å². The number of halogens is 1. The number of rotatable bonds is 1. The molecule has 0 atom stereocenters. The highest BCUT2D eigenvalue weighted by Gasteiger charge is 1.95. The lowest BCUT2D eigenvalue weighted by Crippen LogP contribution is -2.01. The van der Waals surface area contributed by atoms with Crippen LogP contribution < -0.4 is 0 Å². The fraction of sp³-hybridized carbons (Fsp3) is 0.333. The third kappa shape index (κ3) is 1.72. The van der Waals surface area contributed by atoms with Gasteiger partial charge in [0.05, 0.1) is 0 Å². The summed E-state index contributed by atoms with van der Waals surface area (Å²) in [5, 5.41) is 0. The number of aromatic nitrogens is 2. The Hall–Kier alpha value is -0.550. The molecule has 2 nitrogen and oxygen atoms in total. The van der Waals surface area contributed by atoms with Gasteiger partial charge >= 0.3 is 0 Å². The third-order valence-electron chi connectivity index (χ3n) is 1.31. The van der Waals surface area contributed by atoms with Crippen molar-refractivity contribution >= 4 is 24.4 Å². The number of H-pyrrole nitrogens is 1. The minimum absolute atomic E-state index is 0.0692. The summed E-state index contributed by atoms with van der Waals surface area (Å²) < 4.78 is 14.9. The molecule has 1 aromatic heterocycles. The van der Waals surface area contributed by atoms with Crippen LogP contribution in [0.2, 0.25) is 0 Å². The van der Waals surface area contributed by atoms with Crippen molar-refractivity contribution in [1.29, 1.82) is 0 Å². The summed E-state index contributed by atoms with van der Waals surface area (Å²) in [6.45, 7) is 2.52. The van der Waals surface area contributed by atoms with Gasteiger partial charge in [0.2, 0.25) is 0 Å². The van der Waals surface area contributed by atoms with Crippen molar-refractivity contribution in [2.75, 3.05) is 0 Å². The molecule has 1 aromatic rings. The number of nitrogens with one attached hydrogen (secondary N) is 1. The highest BCUT2D eigenvalue weighted by Crippen LogP contribution is 1.98. The fourth-order valence-electron chi connectivity index (χ4n) is 0.718. The number of aryl methyl sites for hydroxylation is 1. The largest absolute Gasteiger partial charge is 0.323 e. The lowest BCUT2D eigenvalue weighted by atomic mass is 10.6. The van der Waals surface area contributed by atoms with Gasteiger partial charge in [-0.2, -0.15) is 0 Å². The Morgan fingerprint density at radius 3 is 2.82 bits per heavy atom. The highest BCUT2D eigenvalue weighted by molar-refractivity contribution is 7.72. The predicted molar refractivity (Wildman–Crippen MR) is 46.1 cm³/mol. The molecule has 0 amide bonds. The summed E-state index contributed by atoms with van der Waals surface area (Å²) in [6.07, 6.45) is 1.31. The van der Waals surface area contributed by atoms with E-state index in [0.717, 1.165) is 0 Å². The Morgan fingerprint density at radius 1 is 1.64 bits per heavy atom. The molecule has 60 valence electrons. The van der Waals surface area contributed by atoms with Crippen LogP contribution in [0.5, 0.6) is 0 Å². The Morgan fingerprint density at radius 2 is 2.27 bits per heavy atom. The SMILES string of the molecule is CCn1cc(F)c(=S)[nH]c1=S. The summed E-state index contributed by atoms with van der Waals surface area (Å²) in [6, 6.07) is 0. The minimum Gasteiger partial charge on any atom is -0.323 e. The van der Waals surface area contributed by atoms with Crippen molar-refractivity contribution in [1.82, 2.24) is 9.55 Å². The van der Waals surface area contributed by atoms with Gasteiger partial charge in [-0.1, -0.05) is 12.2 Å². The molecule has 1 N–H and O–H groups in total. The van der Waals surface area contributed by atoms with Gasteiger partial charge < -0.3 is 9.55 Å². The van der Waals surface area contributed by atoms with Crippen LogP contribution in [-0.2, 0) is 6.54 Å². The van der Waals surface area contributed by atoms with Crippen molar-refractivity contribution in [2.24, 2.45) is 0 Å². The van der Waals surface area contributed by atoms with Gasteiger partial charge in [0.15, 0.2) is 10.6 Å². The van der Waals surface area contributed by atoms with Crippen molar-refractivity contribution in [3.05, 3.63) is 21.4 Å². The lowest BCUT2D eigenvalue weighted by molar-refractivity contribution is 0.575. The molecule has 0 aliphatic rings. The first-order chi connectivity index (χ1) is 5.15. The maximum absolute atomic E-state index is 12.7. The van der Waals surface area contributed by atoms with Gasteiger partial charge in [-0.3, -0.25) is 0 Å². The Labute approximate surface area is 73.7 Å². The molecule has 11 heavy (non-hydrogen) atoms. The number of hydrogen-bond acceptors (Lipinski definition) is 2. The first-order valence-corrected chi connectivity index (χ1v) is 3.96. The van der Waals surface area contributed by atoms with E-state index in [1.54, 1.807) is 4.57 Å². The standard InChI is InChI=1S/C6H7FN2S2/c1-2-9-3-4(7)5(10)8-6(9)11/h3H,2H2,1H3,(H,8,10,11). The molecule has 1 rings (SSSR count). The van der Waals surface area contributed by atoms with Crippen LogP contribution >= 0.6 is 24.4 Å². The van der Waals surface area contributed by atoms with Crippen molar-refractivity contribution < 1.29 is 4.39 Å². The monoisotopic (exact) mass is 190 g/mol. The van der Waals surface area contributed by atoms with Gasteiger partial charge in [0.1, 0.15) is 4.64 Å². The molecule has 0 fully saturated rings. The zero-order valence-corrected chi connectivity index (χ0v) is 7.56. The molecule has 0 saturated carbocycles. The second-order valence-corrected chi connectivity index (χ2v) is 2.82. The van der Waals surface area contributed by atoms with Crippen LogP contribution in [0, 0.1) is 15.2 Å². The first kappa shape index (κ1) is 8.55. The summed E-state index contributed by atoms with van der Waals surface area (Å²) >= 11 is 9.51. The maximum atomic E-state index is 12.7. The molecule has 1 heterocycles. The van der Waals surface area contributed by atoms with Gasteiger partial charge in [-0.15, -0.1) is 0 Å². The molecule has 5 heteroatoms. The van der Waals surface area contributed by atoms with Gasteiger partial charge in [0, 0.05) is 12.7 Å². The first-order valence-electron chi connectivity index (χ1n) is 3.14. The Balaban J connectivity index is 3.45. The summed E-state index contributed by atoms with van der Waals surface area (Å²) in [5.41, 5.74) is 0. The molecule has 0 aliphatic heterocycles. The average molecular weight is 190 g/mol. The zero-order valence-electron chi connectivity index (χ0n) is 5.93. The van der Waals surface area contributed by atoms with E-state index in [9.17, 15) is 4.39 Å². The normalized spacial score (nSPS) is 10.0. The second-order valence-electron chi connectivity index (χ2n) is 2.02. The summed E-state index contributed by atoms with van der Waals surface area (Å²) in [7, 11) is 0. The van der Waals surface area contributed by atoms with Crippen molar-refractivity contribution in [3.8, 4) is 0 Å². The van der Waals surface area contributed by atoms with Gasteiger partial charge in [0.25, 0.3) is 0 Å². The molecule has 0 saturated heterocycles. The molecular weight excluding hydrogens is 183 g/mol. The molecular formula is C6H7FN2S2. The van der Waals surface area contributed by atoms with Crippen LogP contribution in [-0.4, -0.2) is 9.55 Å². The van der Waals surface area contributed by atoms with Crippen LogP contribution in [0.25, 0.3) is 0 Å². The van der Waals surface area contributed by atoms with Crippen molar-refractivity contribution in [3.63, 3.8) is 0 Å². The van der Waals surface area contributed by atoms with Gasteiger partial charge in [-0.25, -0.2) is 4.39 Å².